The van der Waals surface area contributed by atoms with Crippen molar-refractivity contribution < 1.29 is 9.59 Å². The molecule has 2 aliphatic rings. The second-order valence-corrected chi connectivity index (χ2v) is 7.03. The first-order valence-corrected chi connectivity index (χ1v) is 9.34. The molecule has 4 nitrogen and oxygen atoms in total. The van der Waals surface area contributed by atoms with Gasteiger partial charge in [0, 0.05) is 38.5 Å². The summed E-state index contributed by atoms with van der Waals surface area (Å²) in [7, 11) is 0. The number of hydrogen-bond donors (Lipinski definition) is 0. The van der Waals surface area contributed by atoms with Crippen molar-refractivity contribution in [3.05, 3.63) is 35.9 Å². The lowest BCUT2D eigenvalue weighted by Gasteiger charge is -2.35. The van der Waals surface area contributed by atoms with Crippen LogP contribution in [0.15, 0.2) is 30.3 Å². The van der Waals surface area contributed by atoms with Crippen molar-refractivity contribution in [2.45, 2.75) is 44.9 Å². The summed E-state index contributed by atoms with van der Waals surface area (Å²) < 4.78 is 0. The molecule has 0 radical (unpaired) electrons. The monoisotopic (exact) mass is 328 g/mol. The third-order valence-corrected chi connectivity index (χ3v) is 5.34. The Kier molecular flexibility index (Phi) is 5.89. The van der Waals surface area contributed by atoms with Gasteiger partial charge in [-0.15, -0.1) is 0 Å². The highest BCUT2D eigenvalue weighted by molar-refractivity contribution is 5.80. The molecular weight excluding hydrogens is 300 g/mol. The fraction of sp³-hybridized carbons (Fsp3) is 0.600. The first kappa shape index (κ1) is 17.0. The Balaban J connectivity index is 1.42. The zero-order valence-corrected chi connectivity index (χ0v) is 14.5. The quantitative estimate of drug-likeness (QED) is 0.853. The Hall–Kier alpha value is -1.84. The van der Waals surface area contributed by atoms with Crippen LogP contribution in [0.1, 0.15) is 44.1 Å². The zero-order valence-electron chi connectivity index (χ0n) is 14.5. The van der Waals surface area contributed by atoms with Crippen LogP contribution in [0.4, 0.5) is 0 Å². The smallest absolute Gasteiger partial charge is 0.225 e. The summed E-state index contributed by atoms with van der Waals surface area (Å²) in [5, 5.41) is 0. The fourth-order valence-electron chi connectivity index (χ4n) is 3.80. The summed E-state index contributed by atoms with van der Waals surface area (Å²) in [5.41, 5.74) is 1.21. The molecular formula is C20H28N2O2. The van der Waals surface area contributed by atoms with E-state index in [-0.39, 0.29) is 11.8 Å². The molecule has 1 aromatic carbocycles. The molecule has 2 aliphatic heterocycles. The van der Waals surface area contributed by atoms with Crippen LogP contribution in [0, 0.1) is 5.92 Å². The van der Waals surface area contributed by atoms with Gasteiger partial charge in [-0.2, -0.15) is 0 Å². The van der Waals surface area contributed by atoms with Crippen LogP contribution < -0.4 is 0 Å². The van der Waals surface area contributed by atoms with Crippen molar-refractivity contribution in [2.24, 2.45) is 5.92 Å². The summed E-state index contributed by atoms with van der Waals surface area (Å²) in [5.74, 6) is 0.676. The van der Waals surface area contributed by atoms with Crippen molar-refractivity contribution in [1.82, 2.24) is 9.80 Å². The predicted molar refractivity (Wildman–Crippen MR) is 94.5 cm³/mol. The van der Waals surface area contributed by atoms with Gasteiger partial charge in [0.1, 0.15) is 0 Å². The fourth-order valence-corrected chi connectivity index (χ4v) is 3.80. The number of aryl methyl sites for hydroxylation is 1. The molecule has 3 rings (SSSR count). The Morgan fingerprint density at radius 2 is 1.54 bits per heavy atom. The van der Waals surface area contributed by atoms with E-state index in [1.54, 1.807) is 0 Å². The second-order valence-electron chi connectivity index (χ2n) is 7.03. The van der Waals surface area contributed by atoms with E-state index in [1.165, 1.54) is 12.0 Å². The van der Waals surface area contributed by atoms with Crippen LogP contribution >= 0.6 is 0 Å². The van der Waals surface area contributed by atoms with Gasteiger partial charge >= 0.3 is 0 Å². The van der Waals surface area contributed by atoms with E-state index in [9.17, 15) is 9.59 Å². The van der Waals surface area contributed by atoms with E-state index in [2.05, 4.69) is 12.1 Å². The van der Waals surface area contributed by atoms with Crippen LogP contribution in [0.25, 0.3) is 0 Å². The van der Waals surface area contributed by atoms with E-state index in [0.29, 0.717) is 12.3 Å². The SMILES string of the molecule is O=C(CCc1ccccc1)N1CCC(C(=O)N2CCCCC2)CC1. The molecule has 0 aromatic heterocycles. The van der Waals surface area contributed by atoms with Crippen molar-refractivity contribution >= 4 is 11.8 Å². The Labute approximate surface area is 144 Å². The Morgan fingerprint density at radius 3 is 2.21 bits per heavy atom. The molecule has 2 saturated heterocycles. The Bertz CT molecular complexity index is 544. The van der Waals surface area contributed by atoms with Gasteiger partial charge in [-0.1, -0.05) is 30.3 Å². The molecule has 1 aromatic rings. The highest BCUT2D eigenvalue weighted by Gasteiger charge is 2.30. The molecule has 0 aliphatic carbocycles. The number of amides is 2. The van der Waals surface area contributed by atoms with E-state index < -0.39 is 0 Å². The molecule has 130 valence electrons. The molecule has 24 heavy (non-hydrogen) atoms. The molecule has 0 bridgehead atoms. The largest absolute Gasteiger partial charge is 0.343 e. The average molecular weight is 328 g/mol. The van der Waals surface area contributed by atoms with E-state index in [1.807, 2.05) is 28.0 Å². The van der Waals surface area contributed by atoms with Crippen LogP contribution in [0.3, 0.4) is 0 Å². The Morgan fingerprint density at radius 1 is 0.875 bits per heavy atom. The standard InChI is InChI=1S/C20H28N2O2/c23-19(10-9-17-7-3-1-4-8-17)21-15-11-18(12-16-21)20(24)22-13-5-2-6-14-22/h1,3-4,7-8,18H,2,5-6,9-16H2. The molecule has 0 spiro atoms. The average Bonchev–Trinajstić information content (AvgIpc) is 2.67. The number of carbonyl (C=O) groups is 2. The third-order valence-electron chi connectivity index (χ3n) is 5.34. The maximum absolute atomic E-state index is 12.6. The maximum Gasteiger partial charge on any atom is 0.225 e. The lowest BCUT2D eigenvalue weighted by Crippen LogP contribution is -2.45. The van der Waals surface area contributed by atoms with Crippen LogP contribution in [0.2, 0.25) is 0 Å². The van der Waals surface area contributed by atoms with Gasteiger partial charge in [0.05, 0.1) is 0 Å². The number of hydrogen-bond acceptors (Lipinski definition) is 2. The minimum Gasteiger partial charge on any atom is -0.343 e. The van der Waals surface area contributed by atoms with Gasteiger partial charge in [-0.25, -0.2) is 0 Å². The van der Waals surface area contributed by atoms with Gasteiger partial charge in [0.15, 0.2) is 0 Å². The molecule has 2 fully saturated rings. The summed E-state index contributed by atoms with van der Waals surface area (Å²) in [6, 6.07) is 10.2. The highest BCUT2D eigenvalue weighted by atomic mass is 16.2. The van der Waals surface area contributed by atoms with Crippen LogP contribution in [-0.2, 0) is 16.0 Å². The van der Waals surface area contributed by atoms with E-state index in [0.717, 1.165) is 58.3 Å². The van der Waals surface area contributed by atoms with Crippen LogP contribution in [0.5, 0.6) is 0 Å². The third kappa shape index (κ3) is 4.37. The number of likely N-dealkylation sites (tertiary alicyclic amines) is 2. The number of piperidine rings is 2. The highest BCUT2D eigenvalue weighted by Crippen LogP contribution is 2.22. The number of nitrogens with zero attached hydrogens (tertiary/aromatic N) is 2. The van der Waals surface area contributed by atoms with Gasteiger partial charge in [-0.05, 0) is 44.1 Å². The molecule has 2 amide bonds. The minimum absolute atomic E-state index is 0.126. The first-order chi connectivity index (χ1) is 11.7. The lowest BCUT2D eigenvalue weighted by molar-refractivity contribution is -0.141. The molecule has 0 unspecified atom stereocenters. The van der Waals surface area contributed by atoms with Crippen molar-refractivity contribution in [1.29, 1.82) is 0 Å². The molecule has 4 heteroatoms. The summed E-state index contributed by atoms with van der Waals surface area (Å²) in [6.07, 6.45) is 6.54. The topological polar surface area (TPSA) is 40.6 Å². The normalized spacial score (nSPS) is 19.3. The van der Waals surface area contributed by atoms with Gasteiger partial charge in [0.25, 0.3) is 0 Å². The van der Waals surface area contributed by atoms with Crippen LogP contribution in [-0.4, -0.2) is 47.8 Å². The van der Waals surface area contributed by atoms with E-state index >= 15 is 0 Å². The van der Waals surface area contributed by atoms with Gasteiger partial charge in [-0.3, -0.25) is 9.59 Å². The summed E-state index contributed by atoms with van der Waals surface area (Å²) in [4.78, 5) is 28.9. The van der Waals surface area contributed by atoms with Gasteiger partial charge < -0.3 is 9.80 Å². The molecule has 0 N–H and O–H groups in total. The van der Waals surface area contributed by atoms with Crippen molar-refractivity contribution in [2.75, 3.05) is 26.2 Å². The summed E-state index contributed by atoms with van der Waals surface area (Å²) in [6.45, 7) is 3.32. The lowest BCUT2D eigenvalue weighted by atomic mass is 9.94. The van der Waals surface area contributed by atoms with E-state index in [4.69, 9.17) is 0 Å². The zero-order chi connectivity index (χ0) is 16.8. The summed E-state index contributed by atoms with van der Waals surface area (Å²) >= 11 is 0. The molecule has 0 atom stereocenters. The predicted octanol–water partition coefficient (Wildman–Crippen LogP) is 2.87. The first-order valence-electron chi connectivity index (χ1n) is 9.34. The minimum atomic E-state index is 0.126. The van der Waals surface area contributed by atoms with Crippen molar-refractivity contribution in [3.8, 4) is 0 Å². The van der Waals surface area contributed by atoms with Gasteiger partial charge in [0.2, 0.25) is 11.8 Å². The van der Waals surface area contributed by atoms with Crippen molar-refractivity contribution in [3.63, 3.8) is 0 Å². The number of rotatable bonds is 4. The number of carbonyl (C=O) groups excluding carboxylic acids is 2. The maximum atomic E-state index is 12.6. The second kappa shape index (κ2) is 8.32. The molecule has 0 saturated carbocycles. The number of benzene rings is 1. The molecule has 2 heterocycles.